The lowest BCUT2D eigenvalue weighted by atomic mass is 10.00. The van der Waals surface area contributed by atoms with Crippen LogP contribution in [0.4, 0.5) is 10.5 Å². The van der Waals surface area contributed by atoms with E-state index in [-0.39, 0.29) is 11.7 Å². The molecule has 0 radical (unpaired) electrons. The Balaban J connectivity index is 1.76. The standard InChI is InChI=1S/C14H13Cl2N3O/c15-11-6-5-10(7-12(11)16)19-13(20)17-14(18-19,8-1-2-8)9-3-4-9/h5-9H,1-4H2/p+1. The molecule has 0 spiro atoms. The van der Waals surface area contributed by atoms with Crippen molar-refractivity contribution in [2.45, 2.75) is 31.3 Å². The number of halogens is 2. The first kappa shape index (κ1) is 12.6. The molecule has 6 heteroatoms. The summed E-state index contributed by atoms with van der Waals surface area (Å²) in [6, 6.07) is 4.98. The summed E-state index contributed by atoms with van der Waals surface area (Å²) in [5.41, 5.74) is 0.295. The average Bonchev–Trinajstić information content (AvgIpc) is 3.30. The molecule has 1 aromatic carbocycles. The number of hydrogen-bond donors (Lipinski definition) is 1. The van der Waals surface area contributed by atoms with Gasteiger partial charge in [0.1, 0.15) is 0 Å². The number of hydrogen-bond acceptors (Lipinski definition) is 2. The van der Waals surface area contributed by atoms with Crippen LogP contribution < -0.4 is 5.32 Å². The van der Waals surface area contributed by atoms with Gasteiger partial charge < -0.3 is 0 Å². The van der Waals surface area contributed by atoms with E-state index in [9.17, 15) is 4.79 Å². The minimum absolute atomic E-state index is 0.165. The molecule has 1 aliphatic heterocycles. The third kappa shape index (κ3) is 1.85. The first-order chi connectivity index (χ1) is 9.60. The monoisotopic (exact) mass is 310 g/mol. The number of rotatable bonds is 3. The van der Waals surface area contributed by atoms with Gasteiger partial charge in [-0.05, 0) is 37.8 Å². The predicted octanol–water partition coefficient (Wildman–Crippen LogP) is 4.33. The zero-order valence-electron chi connectivity index (χ0n) is 10.8. The number of benzene rings is 1. The maximum atomic E-state index is 12.3. The van der Waals surface area contributed by atoms with Gasteiger partial charge in [0.05, 0.1) is 10.0 Å². The molecule has 3 aliphatic rings. The summed E-state index contributed by atoms with van der Waals surface area (Å²) in [6.45, 7) is 0. The first-order valence-electron chi connectivity index (χ1n) is 6.90. The van der Waals surface area contributed by atoms with Crippen molar-refractivity contribution in [1.29, 1.82) is 0 Å². The number of azo groups is 2. The van der Waals surface area contributed by atoms with E-state index in [1.54, 1.807) is 18.2 Å². The molecule has 4 nitrogen and oxygen atoms in total. The third-order valence-corrected chi connectivity index (χ3v) is 5.05. The van der Waals surface area contributed by atoms with Crippen molar-refractivity contribution in [1.82, 2.24) is 5.32 Å². The summed E-state index contributed by atoms with van der Waals surface area (Å²) in [4.78, 5) is 12.3. The fraction of sp³-hybridized carbons (Fsp3) is 0.500. The van der Waals surface area contributed by atoms with Gasteiger partial charge in [0.2, 0.25) is 5.66 Å². The molecule has 0 saturated heterocycles. The van der Waals surface area contributed by atoms with E-state index in [1.165, 1.54) is 4.70 Å². The fourth-order valence-corrected chi connectivity index (χ4v) is 3.29. The van der Waals surface area contributed by atoms with Crippen LogP contribution in [0.1, 0.15) is 25.7 Å². The second-order valence-corrected chi connectivity index (χ2v) is 6.63. The number of nitrogens with one attached hydrogen (secondary N) is 1. The van der Waals surface area contributed by atoms with Gasteiger partial charge in [-0.25, -0.2) is 5.32 Å². The lowest BCUT2D eigenvalue weighted by molar-refractivity contribution is -0.404. The lowest BCUT2D eigenvalue weighted by Gasteiger charge is -2.17. The van der Waals surface area contributed by atoms with Crippen LogP contribution in [0.25, 0.3) is 0 Å². The Morgan fingerprint density at radius 1 is 1.15 bits per heavy atom. The molecular formula is C14H14Cl2N3O+. The van der Waals surface area contributed by atoms with Crippen molar-refractivity contribution in [3.05, 3.63) is 28.2 Å². The van der Waals surface area contributed by atoms with Crippen molar-refractivity contribution in [3.8, 4) is 0 Å². The molecule has 1 N–H and O–H groups in total. The molecule has 2 saturated carbocycles. The molecule has 0 atom stereocenters. The summed E-state index contributed by atoms with van der Waals surface area (Å²) < 4.78 is 1.44. The van der Waals surface area contributed by atoms with Crippen LogP contribution in [0.15, 0.2) is 23.3 Å². The van der Waals surface area contributed by atoms with Crippen molar-refractivity contribution in [2.75, 3.05) is 0 Å². The van der Waals surface area contributed by atoms with Crippen LogP contribution in [0.3, 0.4) is 0 Å². The number of carbonyl (C=O) groups excluding carboxylic acids is 1. The molecule has 2 aliphatic carbocycles. The van der Waals surface area contributed by atoms with Crippen molar-refractivity contribution < 1.29 is 9.49 Å². The number of amides is 2. The largest absolute Gasteiger partial charge is 0.519 e. The number of urea groups is 1. The summed E-state index contributed by atoms with van der Waals surface area (Å²) >= 11 is 11.9. The molecule has 0 bridgehead atoms. The van der Waals surface area contributed by atoms with Crippen LogP contribution in [0.2, 0.25) is 10.0 Å². The van der Waals surface area contributed by atoms with Gasteiger partial charge in [-0.15, -0.1) is 0 Å². The van der Waals surface area contributed by atoms with Crippen LogP contribution in [0.5, 0.6) is 0 Å². The number of carbonyl (C=O) groups is 1. The molecule has 1 aromatic rings. The molecule has 20 heavy (non-hydrogen) atoms. The highest BCUT2D eigenvalue weighted by Crippen LogP contribution is 2.54. The zero-order chi connectivity index (χ0) is 13.9. The zero-order valence-corrected chi connectivity index (χ0v) is 12.3. The van der Waals surface area contributed by atoms with E-state index in [2.05, 4.69) is 5.32 Å². The van der Waals surface area contributed by atoms with Gasteiger partial charge in [0.15, 0.2) is 5.69 Å². The first-order valence-corrected chi connectivity index (χ1v) is 7.66. The van der Waals surface area contributed by atoms with Crippen molar-refractivity contribution in [2.24, 2.45) is 17.0 Å². The minimum Gasteiger partial charge on any atom is -0.207 e. The Hall–Kier alpha value is -1.13. The smallest absolute Gasteiger partial charge is 0.207 e. The number of nitrogens with zero attached hydrogens (tertiary/aromatic N) is 2. The Bertz CT molecular complexity index is 623. The molecule has 104 valence electrons. The van der Waals surface area contributed by atoms with Gasteiger partial charge in [0.25, 0.3) is 0 Å². The Morgan fingerprint density at radius 2 is 1.80 bits per heavy atom. The van der Waals surface area contributed by atoms with E-state index in [0.717, 1.165) is 25.7 Å². The second-order valence-electron chi connectivity index (χ2n) is 5.81. The topological polar surface area (TPSA) is 44.5 Å². The van der Waals surface area contributed by atoms with Crippen LogP contribution in [-0.2, 0) is 0 Å². The third-order valence-electron chi connectivity index (χ3n) is 4.31. The van der Waals surface area contributed by atoms with E-state index >= 15 is 0 Å². The van der Waals surface area contributed by atoms with Gasteiger partial charge >= 0.3 is 6.03 Å². The normalized spacial score (nSPS) is 24.5. The lowest BCUT2D eigenvalue weighted by Crippen LogP contribution is -2.46. The predicted molar refractivity (Wildman–Crippen MR) is 75.5 cm³/mol. The summed E-state index contributed by atoms with van der Waals surface area (Å²) in [5, 5.41) is 8.77. The van der Waals surface area contributed by atoms with E-state index in [4.69, 9.17) is 28.3 Å². The van der Waals surface area contributed by atoms with Crippen LogP contribution in [-0.4, -0.2) is 16.4 Å². The molecule has 0 aromatic heterocycles. The summed E-state index contributed by atoms with van der Waals surface area (Å²) in [6.07, 6.45) is 4.59. The maximum absolute atomic E-state index is 12.3. The van der Waals surface area contributed by atoms with Crippen molar-refractivity contribution in [3.63, 3.8) is 0 Å². The Labute approximate surface area is 126 Å². The quantitative estimate of drug-likeness (QED) is 0.830. The van der Waals surface area contributed by atoms with Crippen molar-refractivity contribution >= 4 is 34.9 Å². The van der Waals surface area contributed by atoms with E-state index < -0.39 is 0 Å². The van der Waals surface area contributed by atoms with Gasteiger partial charge in [-0.3, -0.25) is 0 Å². The average molecular weight is 311 g/mol. The fourth-order valence-electron chi connectivity index (χ4n) is 3.00. The highest BCUT2D eigenvalue weighted by molar-refractivity contribution is 6.42. The SMILES string of the molecule is O=C1NC(C2CC2)(C2CC2)N=[N+]1c1ccc(Cl)c(Cl)c1. The molecular weight excluding hydrogens is 297 g/mol. The van der Waals surface area contributed by atoms with Gasteiger partial charge in [0, 0.05) is 17.9 Å². The highest BCUT2D eigenvalue weighted by Gasteiger charge is 2.64. The van der Waals surface area contributed by atoms with Crippen LogP contribution >= 0.6 is 23.2 Å². The Kier molecular flexibility index (Phi) is 2.63. The van der Waals surface area contributed by atoms with Gasteiger partial charge in [-0.1, -0.05) is 33.0 Å². The Morgan fingerprint density at radius 3 is 2.35 bits per heavy atom. The molecule has 4 rings (SSSR count). The maximum Gasteiger partial charge on any atom is 0.519 e. The van der Waals surface area contributed by atoms with E-state index in [1.807, 2.05) is 0 Å². The summed E-state index contributed by atoms with van der Waals surface area (Å²) in [7, 11) is 0. The summed E-state index contributed by atoms with van der Waals surface area (Å²) in [5.74, 6) is 0.985. The molecule has 2 fully saturated rings. The highest BCUT2D eigenvalue weighted by atomic mass is 35.5. The van der Waals surface area contributed by atoms with Crippen LogP contribution in [0, 0.1) is 11.8 Å². The minimum atomic E-state index is -0.372. The molecule has 0 unspecified atom stereocenters. The van der Waals surface area contributed by atoms with E-state index in [0.29, 0.717) is 27.6 Å². The molecule has 2 amide bonds. The molecule has 1 heterocycles. The second kappa shape index (κ2) is 4.18. The van der Waals surface area contributed by atoms with Gasteiger partial charge in [-0.2, -0.15) is 4.79 Å².